The van der Waals surface area contributed by atoms with Crippen LogP contribution in [0.1, 0.15) is 33.4 Å². The average Bonchev–Trinajstić information content (AvgIpc) is 4.18. The maximum atomic E-state index is 9.88. The fourth-order valence-electron chi connectivity index (χ4n) is 11.4. The fourth-order valence-corrected chi connectivity index (χ4v) is 11.4. The van der Waals surface area contributed by atoms with Gasteiger partial charge >= 0.3 is 0 Å². The molecule has 4 heteroatoms. The predicted molar refractivity (Wildman–Crippen MR) is 322 cm³/mol. The van der Waals surface area contributed by atoms with Gasteiger partial charge in [-0.25, -0.2) is 4.85 Å². The third-order valence-electron chi connectivity index (χ3n) is 15.6. The van der Waals surface area contributed by atoms with Crippen molar-refractivity contribution in [3.8, 4) is 84.2 Å². The number of hydrogen-bond acceptors (Lipinski definition) is 1. The van der Waals surface area contributed by atoms with Gasteiger partial charge < -0.3 is 9.13 Å². The molecule has 0 unspecified atom stereocenters. The zero-order valence-corrected chi connectivity index (χ0v) is 43.7. The molecule has 13 rings (SSSR count). The van der Waals surface area contributed by atoms with Crippen LogP contribution in [0.25, 0.3) is 127 Å². The molecule has 77 heavy (non-hydrogen) atoms. The Morgan fingerprint density at radius 2 is 0.727 bits per heavy atom. The first kappa shape index (κ1) is 46.8. The quantitative estimate of drug-likeness (QED) is 0.140. The van der Waals surface area contributed by atoms with E-state index >= 15 is 0 Å². The highest BCUT2D eigenvalue weighted by Gasteiger charge is 2.22. The molecule has 0 aliphatic carbocycles. The molecular formula is C73H52N4. The van der Waals surface area contributed by atoms with Crippen molar-refractivity contribution in [3.63, 3.8) is 0 Å². The van der Waals surface area contributed by atoms with Crippen LogP contribution in [0.3, 0.4) is 0 Å². The number of fused-ring (bicyclic) bond motifs is 6. The van der Waals surface area contributed by atoms with E-state index in [1.807, 2.05) is 24.3 Å². The molecule has 13 aromatic rings. The number of nitrogens with zero attached hydrogens (tertiary/aromatic N) is 4. The molecule has 0 aliphatic heterocycles. The first-order valence-electron chi connectivity index (χ1n) is 26.2. The third kappa shape index (κ3) is 8.25. The molecule has 364 valence electrons. The van der Waals surface area contributed by atoms with Gasteiger partial charge in [0.05, 0.1) is 46.0 Å². The van der Waals surface area contributed by atoms with Crippen LogP contribution >= 0.6 is 0 Å². The van der Waals surface area contributed by atoms with Crippen molar-refractivity contribution in [3.05, 3.63) is 269 Å². The lowest BCUT2D eigenvalue weighted by Gasteiger charge is -2.19. The van der Waals surface area contributed by atoms with Gasteiger partial charge in [0.15, 0.2) is 5.69 Å². The number of nitriles is 1. The number of aromatic nitrogens is 2. The van der Waals surface area contributed by atoms with Crippen LogP contribution in [-0.4, -0.2) is 9.13 Å². The molecule has 2 heterocycles. The van der Waals surface area contributed by atoms with Gasteiger partial charge in [0.2, 0.25) is 0 Å². The Morgan fingerprint density at radius 3 is 1.12 bits per heavy atom. The van der Waals surface area contributed by atoms with Crippen LogP contribution < -0.4 is 0 Å². The van der Waals surface area contributed by atoms with Crippen molar-refractivity contribution in [2.45, 2.75) is 34.6 Å². The van der Waals surface area contributed by atoms with Gasteiger partial charge in [-0.3, -0.25) is 0 Å². The van der Waals surface area contributed by atoms with E-state index in [0.717, 1.165) is 116 Å². The molecule has 0 spiro atoms. The van der Waals surface area contributed by atoms with Gasteiger partial charge in [0, 0.05) is 27.2 Å². The molecule has 0 aliphatic rings. The van der Waals surface area contributed by atoms with Crippen molar-refractivity contribution in [2.24, 2.45) is 0 Å². The van der Waals surface area contributed by atoms with E-state index < -0.39 is 0 Å². The minimum atomic E-state index is 0.553. The van der Waals surface area contributed by atoms with Gasteiger partial charge in [0.1, 0.15) is 0 Å². The minimum Gasteiger partial charge on any atom is -0.309 e. The van der Waals surface area contributed by atoms with Gasteiger partial charge in [-0.2, -0.15) is 5.26 Å². The smallest absolute Gasteiger partial charge is 0.195 e. The Hall–Kier alpha value is -10.0. The topological polar surface area (TPSA) is 38.0 Å². The van der Waals surface area contributed by atoms with E-state index in [9.17, 15) is 5.26 Å². The van der Waals surface area contributed by atoms with Gasteiger partial charge in [-0.05, 0) is 192 Å². The van der Waals surface area contributed by atoms with E-state index in [-0.39, 0.29) is 0 Å². The van der Waals surface area contributed by atoms with Crippen molar-refractivity contribution in [1.29, 1.82) is 5.26 Å². The Balaban J connectivity index is 1.07. The summed E-state index contributed by atoms with van der Waals surface area (Å²) >= 11 is 0. The lowest BCUT2D eigenvalue weighted by molar-refractivity contribution is 1.17. The van der Waals surface area contributed by atoms with Crippen LogP contribution in [0.4, 0.5) is 5.69 Å². The summed E-state index contributed by atoms with van der Waals surface area (Å²) in [6.07, 6.45) is 0. The number of hydrogen-bond donors (Lipinski definition) is 0. The monoisotopic (exact) mass is 984 g/mol. The highest BCUT2D eigenvalue weighted by molar-refractivity contribution is 6.14. The summed E-state index contributed by atoms with van der Waals surface area (Å²) in [4.78, 5) is 4.28. The number of rotatable bonds is 8. The van der Waals surface area contributed by atoms with Crippen LogP contribution in [0.5, 0.6) is 0 Å². The van der Waals surface area contributed by atoms with Crippen molar-refractivity contribution in [1.82, 2.24) is 9.13 Å². The Bertz CT molecular complexity index is 4390. The van der Waals surface area contributed by atoms with E-state index in [1.54, 1.807) is 0 Å². The average molecular weight is 985 g/mol. The molecule has 4 nitrogen and oxygen atoms in total. The first-order valence-corrected chi connectivity index (χ1v) is 26.2. The largest absolute Gasteiger partial charge is 0.309 e. The predicted octanol–water partition coefficient (Wildman–Crippen LogP) is 19.8. The molecule has 0 saturated heterocycles. The normalized spacial score (nSPS) is 11.4. The molecule has 0 atom stereocenters. The van der Waals surface area contributed by atoms with Crippen molar-refractivity contribution < 1.29 is 0 Å². The summed E-state index contributed by atoms with van der Waals surface area (Å²) in [6.45, 7) is 19.4. The zero-order chi connectivity index (χ0) is 52.5. The summed E-state index contributed by atoms with van der Waals surface area (Å²) in [5.41, 5.74) is 26.3. The molecular weight excluding hydrogens is 933 g/mol. The zero-order valence-electron chi connectivity index (χ0n) is 43.7. The third-order valence-corrected chi connectivity index (χ3v) is 15.6. The number of aryl methyl sites for hydroxylation is 5. The standard InChI is InChI=1S/C73H52N4/c1-45-7-16-51(17-8-45)55-24-32-69-64(38-55)65-39-56(52-18-9-46(2)10-19-52)25-33-70(65)76(69)60-29-31-68(75-6)62(43-60)63-42-59(61-30-15-50(44-74)37-49(61)5)28-36-71(63)77-72-34-26-57(53-20-11-47(3)12-21-53)40-66(72)67-41-58(27-35-73(67)77)54-22-13-48(4)14-23-54/h7-43H,1-5H3. The molecule has 0 fully saturated rings. The summed E-state index contributed by atoms with van der Waals surface area (Å²) in [7, 11) is 0. The number of benzene rings is 11. The summed E-state index contributed by atoms with van der Waals surface area (Å²) in [6, 6.07) is 83.6. The lowest BCUT2D eigenvalue weighted by atomic mass is 9.93. The first-order chi connectivity index (χ1) is 37.6. The van der Waals surface area contributed by atoms with E-state index in [2.05, 4.69) is 255 Å². The SMILES string of the molecule is [C-]#[N+]c1ccc(-n2c3ccc(-c4ccc(C)cc4)cc3c3cc(-c4ccc(C)cc4)ccc32)cc1-c1cc(-c2ccc(C#N)cc2C)ccc1-n1c2ccc(-c3ccc(C)cc3)cc2c2cc(-c3ccc(C)cc3)ccc21. The molecule has 0 amide bonds. The molecule has 0 bridgehead atoms. The van der Waals surface area contributed by atoms with E-state index in [1.165, 1.54) is 33.4 Å². The fraction of sp³-hybridized carbons (Fsp3) is 0.0685. The van der Waals surface area contributed by atoms with Crippen molar-refractivity contribution >= 4 is 49.3 Å². The molecule has 11 aromatic carbocycles. The molecule has 2 aromatic heterocycles. The van der Waals surface area contributed by atoms with Crippen LogP contribution in [0.15, 0.2) is 224 Å². The van der Waals surface area contributed by atoms with Crippen LogP contribution in [-0.2, 0) is 0 Å². The van der Waals surface area contributed by atoms with Gasteiger partial charge in [-0.15, -0.1) is 0 Å². The second-order valence-corrected chi connectivity index (χ2v) is 20.7. The van der Waals surface area contributed by atoms with E-state index in [0.29, 0.717) is 11.3 Å². The van der Waals surface area contributed by atoms with Gasteiger partial charge in [0.25, 0.3) is 0 Å². The molecule has 0 radical (unpaired) electrons. The highest BCUT2D eigenvalue weighted by atomic mass is 15.0. The second kappa shape index (κ2) is 18.7. The van der Waals surface area contributed by atoms with Crippen molar-refractivity contribution in [2.75, 3.05) is 0 Å². The van der Waals surface area contributed by atoms with Crippen LogP contribution in [0, 0.1) is 52.5 Å². The summed E-state index contributed by atoms with van der Waals surface area (Å²) in [5, 5.41) is 14.5. The lowest BCUT2D eigenvalue weighted by Crippen LogP contribution is -2.00. The van der Waals surface area contributed by atoms with Gasteiger partial charge in [-0.1, -0.05) is 162 Å². The Morgan fingerprint density at radius 1 is 0.338 bits per heavy atom. The Labute approximate surface area is 449 Å². The highest BCUT2D eigenvalue weighted by Crippen LogP contribution is 2.45. The summed E-state index contributed by atoms with van der Waals surface area (Å²) in [5.74, 6) is 0. The molecule has 0 saturated carbocycles. The summed E-state index contributed by atoms with van der Waals surface area (Å²) < 4.78 is 4.76. The van der Waals surface area contributed by atoms with E-state index in [4.69, 9.17) is 6.57 Å². The maximum absolute atomic E-state index is 9.88. The second-order valence-electron chi connectivity index (χ2n) is 20.7. The molecule has 0 N–H and O–H groups in total. The maximum Gasteiger partial charge on any atom is 0.195 e. The minimum absolute atomic E-state index is 0.553. The van der Waals surface area contributed by atoms with Crippen LogP contribution in [0.2, 0.25) is 0 Å². The Kier molecular flexibility index (Phi) is 11.4.